The highest BCUT2D eigenvalue weighted by molar-refractivity contribution is 5.98. The van der Waals surface area contributed by atoms with Crippen LogP contribution in [0.3, 0.4) is 0 Å². The van der Waals surface area contributed by atoms with E-state index in [0.717, 1.165) is 11.1 Å². The minimum atomic E-state index is -1.11. The van der Waals surface area contributed by atoms with Gasteiger partial charge in [0, 0.05) is 25.9 Å². The molecule has 2 N–H and O–H groups in total. The number of hydrogen-bond acceptors (Lipinski definition) is 8. The van der Waals surface area contributed by atoms with Crippen LogP contribution in [-0.4, -0.2) is 73.5 Å². The van der Waals surface area contributed by atoms with Crippen LogP contribution in [0.25, 0.3) is 0 Å². The van der Waals surface area contributed by atoms with Crippen molar-refractivity contribution in [2.24, 2.45) is 11.8 Å². The molecule has 0 spiro atoms. The second-order valence-electron chi connectivity index (χ2n) is 12.5. The van der Waals surface area contributed by atoms with E-state index >= 15 is 0 Å². The van der Waals surface area contributed by atoms with Crippen LogP contribution >= 0.6 is 0 Å². The SMILES string of the molecule is CCC(=O)O[C@@H](CCc1ccccc1)C(=O)N[C@@H](COC)C(=O)C[C@@H](Cc1ccccc1)C(=O)N[C@@H](CC(C)C)C(=O)[C@@]1(C)CO1. The quantitative estimate of drug-likeness (QED) is 0.165. The molecule has 10 heteroatoms. The number of benzene rings is 2. The lowest BCUT2D eigenvalue weighted by Gasteiger charge is -2.26. The van der Waals surface area contributed by atoms with E-state index < -0.39 is 53.3 Å². The largest absolute Gasteiger partial charge is 0.452 e. The smallest absolute Gasteiger partial charge is 0.306 e. The van der Waals surface area contributed by atoms with Crippen LogP contribution in [0.4, 0.5) is 0 Å². The van der Waals surface area contributed by atoms with Crippen LogP contribution in [-0.2, 0) is 51.0 Å². The zero-order chi connectivity index (χ0) is 33.7. The summed E-state index contributed by atoms with van der Waals surface area (Å²) in [6, 6.07) is 17.0. The molecular weight excluding hydrogens is 588 g/mol. The second kappa shape index (κ2) is 17.7. The number of amides is 2. The molecule has 10 nitrogen and oxygen atoms in total. The number of carbonyl (C=O) groups is 5. The number of aryl methyl sites for hydroxylation is 1. The van der Waals surface area contributed by atoms with Crippen molar-refractivity contribution in [1.82, 2.24) is 10.6 Å². The van der Waals surface area contributed by atoms with Crippen molar-refractivity contribution in [1.29, 1.82) is 0 Å². The molecule has 1 saturated heterocycles. The third kappa shape index (κ3) is 11.5. The molecule has 0 radical (unpaired) electrons. The van der Waals surface area contributed by atoms with Crippen LogP contribution in [0.1, 0.15) is 64.5 Å². The average molecular weight is 637 g/mol. The topological polar surface area (TPSA) is 140 Å². The highest BCUT2D eigenvalue weighted by atomic mass is 16.6. The fraction of sp³-hybridized carbons (Fsp3) is 0.528. The molecule has 0 bridgehead atoms. The molecule has 2 aromatic carbocycles. The number of Topliss-reactive ketones (excluding diaryl/α,β-unsaturated/α-hetero) is 2. The van der Waals surface area contributed by atoms with Crippen molar-refractivity contribution in [2.75, 3.05) is 20.3 Å². The molecule has 46 heavy (non-hydrogen) atoms. The highest BCUT2D eigenvalue weighted by Crippen LogP contribution is 2.30. The summed E-state index contributed by atoms with van der Waals surface area (Å²) in [5.41, 5.74) is 0.909. The van der Waals surface area contributed by atoms with Crippen LogP contribution in [0, 0.1) is 11.8 Å². The summed E-state index contributed by atoms with van der Waals surface area (Å²) in [6.45, 7) is 7.46. The van der Waals surface area contributed by atoms with Gasteiger partial charge in [-0.15, -0.1) is 0 Å². The van der Waals surface area contributed by atoms with E-state index in [4.69, 9.17) is 14.2 Å². The van der Waals surface area contributed by atoms with Gasteiger partial charge < -0.3 is 24.8 Å². The molecule has 2 aromatic rings. The minimum Gasteiger partial charge on any atom is -0.452 e. The molecule has 0 unspecified atom stereocenters. The molecule has 250 valence electrons. The zero-order valence-corrected chi connectivity index (χ0v) is 27.6. The number of esters is 1. The van der Waals surface area contributed by atoms with E-state index in [1.807, 2.05) is 74.5 Å². The molecule has 0 aliphatic carbocycles. The Morgan fingerprint density at radius 2 is 1.48 bits per heavy atom. The van der Waals surface area contributed by atoms with Gasteiger partial charge in [0.2, 0.25) is 5.91 Å². The Morgan fingerprint density at radius 3 is 2.02 bits per heavy atom. The van der Waals surface area contributed by atoms with Crippen LogP contribution in [0.15, 0.2) is 60.7 Å². The van der Waals surface area contributed by atoms with Gasteiger partial charge in [0.25, 0.3) is 5.91 Å². The first-order chi connectivity index (χ1) is 21.9. The molecule has 5 atom stereocenters. The number of carbonyl (C=O) groups excluding carboxylic acids is 5. The van der Waals surface area contributed by atoms with E-state index in [2.05, 4.69) is 10.6 Å². The van der Waals surface area contributed by atoms with E-state index in [-0.39, 0.29) is 44.0 Å². The van der Waals surface area contributed by atoms with Crippen molar-refractivity contribution < 1.29 is 38.2 Å². The number of hydrogen-bond donors (Lipinski definition) is 2. The minimum absolute atomic E-state index is 0.0946. The third-order valence-corrected chi connectivity index (χ3v) is 8.01. The monoisotopic (exact) mass is 636 g/mol. The first-order valence-corrected chi connectivity index (χ1v) is 16.0. The van der Waals surface area contributed by atoms with Gasteiger partial charge >= 0.3 is 5.97 Å². The van der Waals surface area contributed by atoms with Crippen molar-refractivity contribution in [3.8, 4) is 0 Å². The lowest BCUT2D eigenvalue weighted by molar-refractivity contribution is -0.156. The maximum absolute atomic E-state index is 13.8. The molecule has 0 saturated carbocycles. The molecule has 0 aromatic heterocycles. The second-order valence-corrected chi connectivity index (χ2v) is 12.5. The van der Waals surface area contributed by atoms with Gasteiger partial charge in [0.1, 0.15) is 11.6 Å². The molecular formula is C36H48N2O8. The molecule has 2 amide bonds. The maximum atomic E-state index is 13.8. The van der Waals surface area contributed by atoms with Gasteiger partial charge in [0.05, 0.1) is 19.3 Å². The number of ketones is 2. The van der Waals surface area contributed by atoms with Gasteiger partial charge in [-0.2, -0.15) is 0 Å². The fourth-order valence-corrected chi connectivity index (χ4v) is 5.23. The molecule has 1 fully saturated rings. The molecule has 1 aliphatic rings. The van der Waals surface area contributed by atoms with Gasteiger partial charge in [0.15, 0.2) is 17.7 Å². The standard InChI is InChI=1S/C36H48N2O8/c1-6-32(40)46-31(18-17-25-13-9-7-10-14-25)35(43)38-29(22-44-5)30(39)21-27(20-26-15-11-8-12-16-26)34(42)37-28(19-24(2)3)33(41)36(4)23-45-36/h7-16,24,27-29,31H,6,17-23H2,1-5H3,(H,37,42)(H,38,43)/t27-,28+,29+,31+,36-/m1/s1. The van der Waals surface area contributed by atoms with Crippen molar-refractivity contribution in [3.05, 3.63) is 71.8 Å². The summed E-state index contributed by atoms with van der Waals surface area (Å²) in [6.07, 6.45) is 0.152. The van der Waals surface area contributed by atoms with Crippen LogP contribution in [0.5, 0.6) is 0 Å². The van der Waals surface area contributed by atoms with Crippen LogP contribution in [0.2, 0.25) is 0 Å². The van der Waals surface area contributed by atoms with E-state index in [0.29, 0.717) is 19.4 Å². The Labute approximate surface area is 271 Å². The first kappa shape index (κ1) is 36.6. The molecule has 1 heterocycles. The summed E-state index contributed by atoms with van der Waals surface area (Å²) in [7, 11) is 1.41. The number of rotatable bonds is 20. The fourth-order valence-electron chi connectivity index (χ4n) is 5.23. The normalized spacial score (nSPS) is 18.1. The Balaban J connectivity index is 1.78. The summed E-state index contributed by atoms with van der Waals surface area (Å²) in [5.74, 6) is -2.88. The highest BCUT2D eigenvalue weighted by Gasteiger charge is 2.50. The summed E-state index contributed by atoms with van der Waals surface area (Å²) in [5, 5.41) is 5.63. The van der Waals surface area contributed by atoms with Gasteiger partial charge in [-0.3, -0.25) is 24.0 Å². The van der Waals surface area contributed by atoms with Crippen molar-refractivity contribution >= 4 is 29.4 Å². The summed E-state index contributed by atoms with van der Waals surface area (Å²) >= 11 is 0. The Morgan fingerprint density at radius 1 is 0.891 bits per heavy atom. The van der Waals surface area contributed by atoms with Gasteiger partial charge in [-0.25, -0.2) is 0 Å². The Bertz CT molecular complexity index is 1310. The Kier molecular flexibility index (Phi) is 14.1. The number of epoxide rings is 1. The van der Waals surface area contributed by atoms with Crippen molar-refractivity contribution in [3.63, 3.8) is 0 Å². The summed E-state index contributed by atoms with van der Waals surface area (Å²) in [4.78, 5) is 66.3. The van der Waals surface area contributed by atoms with Gasteiger partial charge in [-0.05, 0) is 49.7 Å². The summed E-state index contributed by atoms with van der Waals surface area (Å²) < 4.78 is 16.1. The van der Waals surface area contributed by atoms with E-state index in [1.54, 1.807) is 13.8 Å². The molecule has 3 rings (SSSR count). The first-order valence-electron chi connectivity index (χ1n) is 16.0. The average Bonchev–Trinajstić information content (AvgIpc) is 3.80. The predicted octanol–water partition coefficient (Wildman–Crippen LogP) is 3.78. The lowest BCUT2D eigenvalue weighted by Crippen LogP contribution is -2.51. The predicted molar refractivity (Wildman–Crippen MR) is 173 cm³/mol. The number of methoxy groups -OCH3 is 1. The number of ether oxygens (including phenoxy) is 3. The van der Waals surface area contributed by atoms with Crippen LogP contribution < -0.4 is 10.6 Å². The molecule has 1 aliphatic heterocycles. The van der Waals surface area contributed by atoms with E-state index in [1.165, 1.54) is 7.11 Å². The van der Waals surface area contributed by atoms with Gasteiger partial charge in [-0.1, -0.05) is 81.4 Å². The maximum Gasteiger partial charge on any atom is 0.306 e. The van der Waals surface area contributed by atoms with E-state index in [9.17, 15) is 24.0 Å². The zero-order valence-electron chi connectivity index (χ0n) is 27.6. The third-order valence-electron chi connectivity index (χ3n) is 8.01. The Hall–Kier alpha value is -3.89. The lowest BCUT2D eigenvalue weighted by atomic mass is 9.89. The van der Waals surface area contributed by atoms with Crippen molar-refractivity contribution in [2.45, 2.75) is 90.0 Å². The number of nitrogens with one attached hydrogen (secondary N) is 2.